The zero-order valence-corrected chi connectivity index (χ0v) is 13.3. The normalized spacial score (nSPS) is 26.1. The van der Waals surface area contributed by atoms with Crippen molar-refractivity contribution in [2.24, 2.45) is 17.6 Å². The molecule has 1 rings (SSSR count). The molecule has 0 aliphatic heterocycles. The Bertz CT molecular complexity index is 342. The van der Waals surface area contributed by atoms with E-state index in [1.54, 1.807) is 16.8 Å². The molecule has 0 aromatic heterocycles. The van der Waals surface area contributed by atoms with E-state index in [-0.39, 0.29) is 36.2 Å². The molecule has 1 aliphatic rings. The van der Waals surface area contributed by atoms with Crippen molar-refractivity contribution in [3.8, 4) is 0 Å². The fourth-order valence-electron chi connectivity index (χ4n) is 2.99. The van der Waals surface area contributed by atoms with Crippen LogP contribution in [-0.2, 0) is 9.59 Å². The molecule has 0 aromatic rings. The van der Waals surface area contributed by atoms with Gasteiger partial charge >= 0.3 is 0 Å². The Kier molecular flexibility index (Phi) is 6.46. The number of rotatable bonds is 5. The maximum atomic E-state index is 12.5. The van der Waals surface area contributed by atoms with E-state index >= 15 is 0 Å². The van der Waals surface area contributed by atoms with Crippen LogP contribution in [0.1, 0.15) is 40.0 Å². The summed E-state index contributed by atoms with van der Waals surface area (Å²) >= 11 is 0. The third-order valence-corrected chi connectivity index (χ3v) is 4.54. The molecule has 2 amide bonds. The van der Waals surface area contributed by atoms with Crippen molar-refractivity contribution in [1.82, 2.24) is 9.80 Å². The molecular formula is C15H29N3O2. The number of hydrogen-bond donors (Lipinski definition) is 1. The van der Waals surface area contributed by atoms with Gasteiger partial charge in [-0.1, -0.05) is 13.3 Å². The van der Waals surface area contributed by atoms with E-state index < -0.39 is 0 Å². The fraction of sp³-hybridized carbons (Fsp3) is 0.867. The summed E-state index contributed by atoms with van der Waals surface area (Å²) in [4.78, 5) is 27.9. The van der Waals surface area contributed by atoms with E-state index in [0.29, 0.717) is 13.1 Å². The van der Waals surface area contributed by atoms with Crippen LogP contribution in [0, 0.1) is 11.8 Å². The third-order valence-electron chi connectivity index (χ3n) is 4.54. The largest absolute Gasteiger partial charge is 0.342 e. The Balaban J connectivity index is 2.60. The van der Waals surface area contributed by atoms with Gasteiger partial charge in [-0.3, -0.25) is 9.59 Å². The standard InChI is InChI=1S/C15H29N3O2/c1-5-18(6-2)14(19)10-17(4)15(20)12-8-7-9-13(16)11(12)3/h11-13H,5-10,16H2,1-4H3. The van der Waals surface area contributed by atoms with E-state index in [9.17, 15) is 9.59 Å². The second-order valence-corrected chi connectivity index (χ2v) is 5.82. The van der Waals surface area contributed by atoms with Crippen molar-refractivity contribution in [2.45, 2.75) is 46.1 Å². The second-order valence-electron chi connectivity index (χ2n) is 5.82. The van der Waals surface area contributed by atoms with E-state index in [2.05, 4.69) is 0 Å². The van der Waals surface area contributed by atoms with Crippen molar-refractivity contribution >= 4 is 11.8 Å². The molecule has 20 heavy (non-hydrogen) atoms. The van der Waals surface area contributed by atoms with Crippen molar-refractivity contribution < 1.29 is 9.59 Å². The monoisotopic (exact) mass is 283 g/mol. The molecule has 3 unspecified atom stereocenters. The van der Waals surface area contributed by atoms with Crippen LogP contribution in [0.15, 0.2) is 0 Å². The molecule has 5 nitrogen and oxygen atoms in total. The Morgan fingerprint density at radius 3 is 2.35 bits per heavy atom. The predicted octanol–water partition coefficient (Wildman–Crippen LogP) is 1.08. The molecule has 0 heterocycles. The van der Waals surface area contributed by atoms with Gasteiger partial charge in [0.15, 0.2) is 0 Å². The first kappa shape index (κ1) is 17.0. The lowest BCUT2D eigenvalue weighted by Crippen LogP contribution is -2.47. The van der Waals surface area contributed by atoms with Gasteiger partial charge in [-0.2, -0.15) is 0 Å². The van der Waals surface area contributed by atoms with Gasteiger partial charge in [0, 0.05) is 32.1 Å². The molecule has 116 valence electrons. The molecule has 1 fully saturated rings. The van der Waals surface area contributed by atoms with Crippen LogP contribution < -0.4 is 5.73 Å². The van der Waals surface area contributed by atoms with Gasteiger partial charge in [0.1, 0.15) is 0 Å². The van der Waals surface area contributed by atoms with Gasteiger partial charge in [0.2, 0.25) is 11.8 Å². The zero-order chi connectivity index (χ0) is 15.3. The van der Waals surface area contributed by atoms with Gasteiger partial charge in [-0.15, -0.1) is 0 Å². The van der Waals surface area contributed by atoms with Crippen LogP contribution in [0.2, 0.25) is 0 Å². The average molecular weight is 283 g/mol. The molecule has 0 spiro atoms. The van der Waals surface area contributed by atoms with Crippen LogP contribution >= 0.6 is 0 Å². The fourth-order valence-corrected chi connectivity index (χ4v) is 2.99. The number of nitrogens with zero attached hydrogens (tertiary/aromatic N) is 2. The van der Waals surface area contributed by atoms with E-state index in [4.69, 9.17) is 5.73 Å². The molecule has 3 atom stereocenters. The number of hydrogen-bond acceptors (Lipinski definition) is 3. The first-order chi connectivity index (χ1) is 9.42. The number of nitrogens with two attached hydrogens (primary N) is 1. The van der Waals surface area contributed by atoms with Crippen LogP contribution in [0.25, 0.3) is 0 Å². The Labute approximate surface area is 122 Å². The van der Waals surface area contributed by atoms with Crippen LogP contribution in [0.3, 0.4) is 0 Å². The molecule has 0 radical (unpaired) electrons. The quantitative estimate of drug-likeness (QED) is 0.821. The summed E-state index contributed by atoms with van der Waals surface area (Å²) in [7, 11) is 1.72. The Hall–Kier alpha value is -1.10. The van der Waals surface area contributed by atoms with E-state index in [1.807, 2.05) is 20.8 Å². The smallest absolute Gasteiger partial charge is 0.242 e. The van der Waals surface area contributed by atoms with Crippen molar-refractivity contribution in [3.05, 3.63) is 0 Å². The number of carbonyl (C=O) groups excluding carboxylic acids is 2. The van der Waals surface area contributed by atoms with Crippen LogP contribution in [0.5, 0.6) is 0 Å². The van der Waals surface area contributed by atoms with Crippen molar-refractivity contribution in [2.75, 3.05) is 26.7 Å². The minimum absolute atomic E-state index is 0.0126. The number of carbonyl (C=O) groups is 2. The number of amides is 2. The van der Waals surface area contributed by atoms with Gasteiger partial charge < -0.3 is 15.5 Å². The SMILES string of the molecule is CCN(CC)C(=O)CN(C)C(=O)C1CCCC(N)C1C. The molecule has 0 bridgehead atoms. The second kappa shape index (κ2) is 7.62. The van der Waals surface area contributed by atoms with Crippen LogP contribution in [-0.4, -0.2) is 54.3 Å². The lowest BCUT2D eigenvalue weighted by atomic mass is 9.76. The van der Waals surface area contributed by atoms with Crippen molar-refractivity contribution in [1.29, 1.82) is 0 Å². The summed E-state index contributed by atoms with van der Waals surface area (Å²) in [5.74, 6) is 0.238. The minimum Gasteiger partial charge on any atom is -0.342 e. The van der Waals surface area contributed by atoms with Gasteiger partial charge in [0.05, 0.1) is 6.54 Å². The van der Waals surface area contributed by atoms with Gasteiger partial charge in [-0.25, -0.2) is 0 Å². The van der Waals surface area contributed by atoms with Crippen molar-refractivity contribution in [3.63, 3.8) is 0 Å². The summed E-state index contributed by atoms with van der Waals surface area (Å²) in [5, 5.41) is 0. The Morgan fingerprint density at radius 2 is 1.80 bits per heavy atom. The average Bonchev–Trinajstić information content (AvgIpc) is 2.42. The highest BCUT2D eigenvalue weighted by Gasteiger charge is 2.34. The van der Waals surface area contributed by atoms with Gasteiger partial charge in [-0.05, 0) is 32.6 Å². The molecule has 2 N–H and O–H groups in total. The predicted molar refractivity (Wildman–Crippen MR) is 80.0 cm³/mol. The van der Waals surface area contributed by atoms with Gasteiger partial charge in [0.25, 0.3) is 0 Å². The lowest BCUT2D eigenvalue weighted by molar-refractivity contribution is -0.143. The lowest BCUT2D eigenvalue weighted by Gasteiger charge is -2.35. The minimum atomic E-state index is -0.0340. The number of likely N-dealkylation sites (N-methyl/N-ethyl adjacent to an activating group) is 2. The summed E-state index contributed by atoms with van der Waals surface area (Å²) in [6, 6.07) is 0.101. The molecule has 5 heteroatoms. The summed E-state index contributed by atoms with van der Waals surface area (Å²) < 4.78 is 0. The molecule has 0 aromatic carbocycles. The van der Waals surface area contributed by atoms with E-state index in [1.165, 1.54) is 0 Å². The zero-order valence-electron chi connectivity index (χ0n) is 13.3. The van der Waals surface area contributed by atoms with Crippen LogP contribution in [0.4, 0.5) is 0 Å². The molecule has 0 saturated heterocycles. The highest BCUT2D eigenvalue weighted by Crippen LogP contribution is 2.30. The molecule has 1 saturated carbocycles. The maximum absolute atomic E-state index is 12.5. The topological polar surface area (TPSA) is 66.6 Å². The maximum Gasteiger partial charge on any atom is 0.242 e. The summed E-state index contributed by atoms with van der Waals surface area (Å²) in [5.41, 5.74) is 6.05. The first-order valence-electron chi connectivity index (χ1n) is 7.70. The summed E-state index contributed by atoms with van der Waals surface area (Å²) in [6.07, 6.45) is 2.88. The molecular weight excluding hydrogens is 254 g/mol. The highest BCUT2D eigenvalue weighted by molar-refractivity contribution is 5.86. The Morgan fingerprint density at radius 1 is 1.20 bits per heavy atom. The summed E-state index contributed by atoms with van der Waals surface area (Å²) in [6.45, 7) is 7.48. The third kappa shape index (κ3) is 3.95. The highest BCUT2D eigenvalue weighted by atomic mass is 16.2. The molecule has 1 aliphatic carbocycles. The van der Waals surface area contributed by atoms with E-state index in [0.717, 1.165) is 19.3 Å². The first-order valence-corrected chi connectivity index (χ1v) is 7.70.